The summed E-state index contributed by atoms with van der Waals surface area (Å²) in [6.07, 6.45) is 3.53. The number of aromatic nitrogens is 2. The summed E-state index contributed by atoms with van der Waals surface area (Å²) in [4.78, 5) is 0. The second kappa shape index (κ2) is 5.72. The van der Waals surface area contributed by atoms with Crippen molar-refractivity contribution in [2.24, 2.45) is 5.73 Å². The van der Waals surface area contributed by atoms with E-state index in [2.05, 4.69) is 34.9 Å². The average molecular weight is 316 g/mol. The number of aryl methyl sites for hydroxylation is 2. The first-order valence-electron chi connectivity index (χ1n) is 6.65. The zero-order valence-electron chi connectivity index (χ0n) is 11.3. The SMILES string of the molecule is CCn1nc(C)c(Br)c1CC(N)C1CCC(C)O1. The van der Waals surface area contributed by atoms with Crippen molar-refractivity contribution in [2.45, 2.75) is 64.8 Å². The zero-order chi connectivity index (χ0) is 13.3. The quantitative estimate of drug-likeness (QED) is 0.928. The zero-order valence-corrected chi connectivity index (χ0v) is 12.9. The predicted molar refractivity (Wildman–Crippen MR) is 75.6 cm³/mol. The molecule has 2 N–H and O–H groups in total. The molecular formula is C13H22BrN3O. The van der Waals surface area contributed by atoms with Crippen molar-refractivity contribution < 1.29 is 4.74 Å². The molecule has 3 atom stereocenters. The number of nitrogens with two attached hydrogens (primary N) is 1. The first-order chi connectivity index (χ1) is 8.52. The van der Waals surface area contributed by atoms with Crippen LogP contribution in [0.5, 0.6) is 0 Å². The maximum Gasteiger partial charge on any atom is 0.0738 e. The highest BCUT2D eigenvalue weighted by Crippen LogP contribution is 2.26. The van der Waals surface area contributed by atoms with Gasteiger partial charge in [0.15, 0.2) is 0 Å². The van der Waals surface area contributed by atoms with Crippen molar-refractivity contribution in [3.05, 3.63) is 15.9 Å². The molecule has 1 aromatic heterocycles. The number of halogens is 1. The third-order valence-electron chi connectivity index (χ3n) is 3.62. The van der Waals surface area contributed by atoms with Crippen LogP contribution < -0.4 is 5.73 Å². The summed E-state index contributed by atoms with van der Waals surface area (Å²) >= 11 is 3.61. The molecule has 4 nitrogen and oxygen atoms in total. The molecule has 0 bridgehead atoms. The molecule has 0 spiro atoms. The molecular weight excluding hydrogens is 294 g/mol. The van der Waals surface area contributed by atoms with Crippen LogP contribution in [0.15, 0.2) is 4.47 Å². The standard InChI is InChI=1S/C13H22BrN3O/c1-4-17-11(13(14)9(3)16-17)7-10(15)12-6-5-8(2)18-12/h8,10,12H,4-7,15H2,1-3H3. The topological polar surface area (TPSA) is 53.1 Å². The lowest BCUT2D eigenvalue weighted by Gasteiger charge is -2.20. The van der Waals surface area contributed by atoms with Crippen LogP contribution in [0.1, 0.15) is 38.1 Å². The predicted octanol–water partition coefficient (Wildman–Crippen LogP) is 2.41. The number of nitrogens with zero attached hydrogens (tertiary/aromatic N) is 2. The van der Waals surface area contributed by atoms with Crippen molar-refractivity contribution in [1.82, 2.24) is 9.78 Å². The van der Waals surface area contributed by atoms with Crippen molar-refractivity contribution in [2.75, 3.05) is 0 Å². The van der Waals surface area contributed by atoms with Gasteiger partial charge in [-0.2, -0.15) is 5.10 Å². The van der Waals surface area contributed by atoms with Crippen LogP contribution in [0.4, 0.5) is 0 Å². The maximum absolute atomic E-state index is 6.29. The van der Waals surface area contributed by atoms with Crippen LogP contribution in [-0.4, -0.2) is 28.0 Å². The number of ether oxygens (including phenoxy) is 1. The summed E-state index contributed by atoms with van der Waals surface area (Å²) in [7, 11) is 0. The van der Waals surface area contributed by atoms with Gasteiger partial charge in [-0.05, 0) is 49.5 Å². The third-order valence-corrected chi connectivity index (χ3v) is 4.66. The first-order valence-corrected chi connectivity index (χ1v) is 7.45. The third kappa shape index (κ3) is 2.78. The highest BCUT2D eigenvalue weighted by Gasteiger charge is 2.28. The molecule has 2 rings (SSSR count). The van der Waals surface area contributed by atoms with Gasteiger partial charge in [0.25, 0.3) is 0 Å². The van der Waals surface area contributed by atoms with Crippen molar-refractivity contribution in [1.29, 1.82) is 0 Å². The summed E-state index contributed by atoms with van der Waals surface area (Å²) < 4.78 is 8.96. The van der Waals surface area contributed by atoms with Gasteiger partial charge in [-0.1, -0.05) is 0 Å². The molecule has 2 heterocycles. The van der Waals surface area contributed by atoms with Gasteiger partial charge in [0, 0.05) is 19.0 Å². The Kier molecular flexibility index (Phi) is 4.45. The molecule has 1 saturated heterocycles. The van der Waals surface area contributed by atoms with Crippen LogP contribution in [0.2, 0.25) is 0 Å². The van der Waals surface area contributed by atoms with Crippen molar-refractivity contribution >= 4 is 15.9 Å². The minimum Gasteiger partial charge on any atom is -0.374 e. The van der Waals surface area contributed by atoms with E-state index in [-0.39, 0.29) is 12.1 Å². The second-order valence-electron chi connectivity index (χ2n) is 5.09. The van der Waals surface area contributed by atoms with E-state index in [1.807, 2.05) is 11.6 Å². The fourth-order valence-electron chi connectivity index (χ4n) is 2.57. The van der Waals surface area contributed by atoms with Crippen LogP contribution in [0.25, 0.3) is 0 Å². The van der Waals surface area contributed by atoms with Crippen molar-refractivity contribution in [3.8, 4) is 0 Å². The smallest absolute Gasteiger partial charge is 0.0738 e. The molecule has 1 aromatic rings. The molecule has 0 saturated carbocycles. The fraction of sp³-hybridized carbons (Fsp3) is 0.769. The second-order valence-corrected chi connectivity index (χ2v) is 5.89. The molecule has 0 amide bonds. The van der Waals surface area contributed by atoms with Crippen LogP contribution in [0, 0.1) is 6.92 Å². The summed E-state index contributed by atoms with van der Waals surface area (Å²) in [5.74, 6) is 0. The average Bonchev–Trinajstić information content (AvgIpc) is 2.88. The van der Waals surface area contributed by atoms with E-state index >= 15 is 0 Å². The minimum absolute atomic E-state index is 0.0487. The lowest BCUT2D eigenvalue weighted by Crippen LogP contribution is -2.37. The Labute approximate surface area is 117 Å². The Morgan fingerprint density at radius 2 is 2.28 bits per heavy atom. The Balaban J connectivity index is 2.09. The minimum atomic E-state index is 0.0487. The highest BCUT2D eigenvalue weighted by molar-refractivity contribution is 9.10. The lowest BCUT2D eigenvalue weighted by molar-refractivity contribution is 0.0400. The molecule has 0 radical (unpaired) electrons. The van der Waals surface area contributed by atoms with E-state index in [1.54, 1.807) is 0 Å². The van der Waals surface area contributed by atoms with Crippen LogP contribution >= 0.6 is 15.9 Å². The number of rotatable bonds is 4. The van der Waals surface area contributed by atoms with E-state index in [1.165, 1.54) is 5.69 Å². The van der Waals surface area contributed by atoms with E-state index in [4.69, 9.17) is 10.5 Å². The van der Waals surface area contributed by atoms with E-state index < -0.39 is 0 Å². The van der Waals surface area contributed by atoms with Gasteiger partial charge < -0.3 is 10.5 Å². The van der Waals surface area contributed by atoms with E-state index in [9.17, 15) is 0 Å². The van der Waals surface area contributed by atoms with Crippen molar-refractivity contribution in [3.63, 3.8) is 0 Å². The van der Waals surface area contributed by atoms with Gasteiger partial charge in [0.2, 0.25) is 0 Å². The molecule has 0 aromatic carbocycles. The highest BCUT2D eigenvalue weighted by atomic mass is 79.9. The maximum atomic E-state index is 6.29. The van der Waals surface area contributed by atoms with E-state index in [0.717, 1.165) is 36.0 Å². The first kappa shape index (κ1) is 14.0. The van der Waals surface area contributed by atoms with Gasteiger partial charge in [-0.25, -0.2) is 0 Å². The van der Waals surface area contributed by atoms with Gasteiger partial charge in [-0.15, -0.1) is 0 Å². The van der Waals surface area contributed by atoms with Crippen LogP contribution in [0.3, 0.4) is 0 Å². The van der Waals surface area contributed by atoms with E-state index in [0.29, 0.717) is 6.10 Å². The molecule has 1 aliphatic heterocycles. The van der Waals surface area contributed by atoms with Gasteiger partial charge in [-0.3, -0.25) is 4.68 Å². The molecule has 18 heavy (non-hydrogen) atoms. The Bertz CT molecular complexity index is 419. The monoisotopic (exact) mass is 315 g/mol. The molecule has 102 valence electrons. The summed E-state index contributed by atoms with van der Waals surface area (Å²) in [6.45, 7) is 7.10. The summed E-state index contributed by atoms with van der Waals surface area (Å²) in [6, 6.07) is 0.0487. The van der Waals surface area contributed by atoms with Gasteiger partial charge in [0.1, 0.15) is 0 Å². The largest absolute Gasteiger partial charge is 0.374 e. The molecule has 5 heteroatoms. The molecule has 3 unspecified atom stereocenters. The van der Waals surface area contributed by atoms with Gasteiger partial charge in [0.05, 0.1) is 28.1 Å². The van der Waals surface area contributed by atoms with Crippen LogP contribution in [-0.2, 0) is 17.7 Å². The Morgan fingerprint density at radius 3 is 2.83 bits per heavy atom. The Morgan fingerprint density at radius 1 is 1.56 bits per heavy atom. The molecule has 1 fully saturated rings. The Hall–Kier alpha value is -0.390. The number of hydrogen-bond donors (Lipinski definition) is 1. The normalized spacial score (nSPS) is 25.6. The van der Waals surface area contributed by atoms with Gasteiger partial charge >= 0.3 is 0 Å². The fourth-order valence-corrected chi connectivity index (χ4v) is 3.01. The number of hydrogen-bond acceptors (Lipinski definition) is 3. The summed E-state index contributed by atoms with van der Waals surface area (Å²) in [5, 5.41) is 4.50. The molecule has 1 aliphatic rings. The summed E-state index contributed by atoms with van der Waals surface area (Å²) in [5.41, 5.74) is 8.50. The lowest BCUT2D eigenvalue weighted by atomic mass is 10.0. The molecule has 0 aliphatic carbocycles.